The fourth-order valence-electron chi connectivity index (χ4n) is 2.39. The molecule has 0 radical (unpaired) electrons. The van der Waals surface area contributed by atoms with Crippen molar-refractivity contribution in [2.24, 2.45) is 0 Å². The number of hydrogen-bond acceptors (Lipinski definition) is 3. The Labute approximate surface area is 135 Å². The average Bonchev–Trinajstić information content (AvgIpc) is 2.98. The molecule has 0 aliphatic rings. The van der Waals surface area contributed by atoms with Crippen LogP contribution in [0.15, 0.2) is 54.6 Å². The average molecular weight is 310 g/mol. The minimum atomic E-state index is -0.236. The van der Waals surface area contributed by atoms with E-state index in [4.69, 9.17) is 0 Å². The molecule has 1 heterocycles. The topological polar surface area (TPSA) is 42.7 Å². The Bertz CT molecular complexity index is 750. The first-order valence-corrected chi connectivity index (χ1v) is 7.71. The van der Waals surface area contributed by atoms with Crippen LogP contribution in [0.2, 0.25) is 0 Å². The first kappa shape index (κ1) is 15.4. The fraction of sp³-hybridized carbons (Fsp3) is 0.222. The van der Waals surface area contributed by atoms with Gasteiger partial charge in [0.2, 0.25) is 0 Å². The van der Waals surface area contributed by atoms with Crippen molar-refractivity contribution in [1.29, 1.82) is 0 Å². The quantitative estimate of drug-likeness (QED) is 0.760. The van der Waals surface area contributed by atoms with Gasteiger partial charge in [-0.15, -0.1) is 0 Å². The van der Waals surface area contributed by atoms with Gasteiger partial charge < -0.3 is 5.32 Å². The van der Waals surface area contributed by atoms with E-state index >= 15 is 0 Å². The lowest BCUT2D eigenvalue weighted by molar-refractivity contribution is 0.576. The normalized spacial score (nSPS) is 10.9. The molecule has 23 heavy (non-hydrogen) atoms. The Kier molecular flexibility index (Phi) is 4.78. The van der Waals surface area contributed by atoms with Crippen molar-refractivity contribution in [3.05, 3.63) is 71.7 Å². The molecule has 0 aliphatic carbocycles. The molecule has 118 valence electrons. The van der Waals surface area contributed by atoms with Gasteiger partial charge >= 0.3 is 0 Å². The Morgan fingerprint density at radius 2 is 1.74 bits per heavy atom. The maximum absolute atomic E-state index is 13.0. The van der Waals surface area contributed by atoms with Crippen molar-refractivity contribution in [2.75, 3.05) is 6.54 Å². The van der Waals surface area contributed by atoms with Crippen LogP contribution in [0.1, 0.15) is 18.2 Å². The standard InChI is InChI=1S/C18H19FN4/c1-2-20-12-17-18(15-6-4-3-5-7-15)22-23(21-17)13-14-8-10-16(19)11-9-14/h3-11,20H,2,12-13H2,1H3. The molecule has 0 aliphatic heterocycles. The minimum Gasteiger partial charge on any atom is -0.311 e. The molecule has 3 aromatic rings. The monoisotopic (exact) mass is 310 g/mol. The van der Waals surface area contributed by atoms with Gasteiger partial charge in [0.15, 0.2) is 0 Å². The van der Waals surface area contributed by atoms with Gasteiger partial charge in [-0.05, 0) is 24.2 Å². The summed E-state index contributed by atoms with van der Waals surface area (Å²) in [6.07, 6.45) is 0. The third kappa shape index (κ3) is 3.81. The molecule has 3 rings (SSSR count). The van der Waals surface area contributed by atoms with Crippen molar-refractivity contribution in [3.63, 3.8) is 0 Å². The molecule has 0 unspecified atom stereocenters. The molecule has 2 aromatic carbocycles. The summed E-state index contributed by atoms with van der Waals surface area (Å²) in [5, 5.41) is 12.5. The Hall–Kier alpha value is -2.53. The number of nitrogens with zero attached hydrogens (tertiary/aromatic N) is 3. The van der Waals surface area contributed by atoms with Gasteiger partial charge in [0.05, 0.1) is 6.54 Å². The summed E-state index contributed by atoms with van der Waals surface area (Å²) >= 11 is 0. The highest BCUT2D eigenvalue weighted by Crippen LogP contribution is 2.20. The highest BCUT2D eigenvalue weighted by Gasteiger charge is 2.12. The van der Waals surface area contributed by atoms with E-state index in [1.165, 1.54) is 12.1 Å². The van der Waals surface area contributed by atoms with Crippen molar-refractivity contribution in [1.82, 2.24) is 20.3 Å². The van der Waals surface area contributed by atoms with Gasteiger partial charge in [-0.1, -0.05) is 49.4 Å². The highest BCUT2D eigenvalue weighted by molar-refractivity contribution is 5.60. The SMILES string of the molecule is CCNCc1nn(Cc2ccc(F)cc2)nc1-c1ccccc1. The van der Waals surface area contributed by atoms with Crippen LogP contribution in [-0.2, 0) is 13.1 Å². The van der Waals surface area contributed by atoms with E-state index in [-0.39, 0.29) is 5.82 Å². The first-order valence-electron chi connectivity index (χ1n) is 7.71. The van der Waals surface area contributed by atoms with Gasteiger partial charge in [0.25, 0.3) is 0 Å². The number of halogens is 1. The van der Waals surface area contributed by atoms with Crippen LogP contribution in [0.25, 0.3) is 11.3 Å². The third-order valence-corrected chi connectivity index (χ3v) is 3.55. The van der Waals surface area contributed by atoms with Gasteiger partial charge in [-0.2, -0.15) is 15.0 Å². The van der Waals surface area contributed by atoms with E-state index in [2.05, 4.69) is 22.4 Å². The summed E-state index contributed by atoms with van der Waals surface area (Å²) < 4.78 is 13.0. The zero-order valence-corrected chi connectivity index (χ0v) is 13.0. The lowest BCUT2D eigenvalue weighted by Crippen LogP contribution is -2.13. The molecule has 1 aromatic heterocycles. The van der Waals surface area contributed by atoms with Gasteiger partial charge in [0.1, 0.15) is 17.2 Å². The van der Waals surface area contributed by atoms with E-state index < -0.39 is 0 Å². The van der Waals surface area contributed by atoms with Crippen molar-refractivity contribution >= 4 is 0 Å². The van der Waals surface area contributed by atoms with Gasteiger partial charge in [-0.25, -0.2) is 4.39 Å². The molecular formula is C18H19FN4. The number of hydrogen-bond donors (Lipinski definition) is 1. The van der Waals surface area contributed by atoms with Gasteiger partial charge in [0, 0.05) is 12.1 Å². The van der Waals surface area contributed by atoms with Crippen LogP contribution >= 0.6 is 0 Å². The third-order valence-electron chi connectivity index (χ3n) is 3.55. The van der Waals surface area contributed by atoms with Crippen molar-refractivity contribution in [3.8, 4) is 11.3 Å². The Morgan fingerprint density at radius 1 is 1.00 bits per heavy atom. The summed E-state index contributed by atoms with van der Waals surface area (Å²) in [5.74, 6) is -0.236. The molecule has 5 heteroatoms. The molecule has 1 N–H and O–H groups in total. The van der Waals surface area contributed by atoms with Crippen LogP contribution in [0.4, 0.5) is 4.39 Å². The summed E-state index contributed by atoms with van der Waals surface area (Å²) in [5.41, 5.74) is 3.82. The molecule has 4 nitrogen and oxygen atoms in total. The van der Waals surface area contributed by atoms with E-state index in [9.17, 15) is 4.39 Å². The summed E-state index contributed by atoms with van der Waals surface area (Å²) in [6.45, 7) is 4.13. The zero-order chi connectivity index (χ0) is 16.1. The smallest absolute Gasteiger partial charge is 0.123 e. The maximum Gasteiger partial charge on any atom is 0.123 e. The predicted octanol–water partition coefficient (Wildman–Crippen LogP) is 3.24. The number of aromatic nitrogens is 3. The number of rotatable bonds is 6. The second-order valence-corrected chi connectivity index (χ2v) is 5.30. The molecule has 0 spiro atoms. The molecule has 0 bridgehead atoms. The number of benzene rings is 2. The molecule has 0 amide bonds. The first-order chi connectivity index (χ1) is 11.3. The van der Waals surface area contributed by atoms with Crippen LogP contribution in [0, 0.1) is 5.82 Å². The second-order valence-electron chi connectivity index (χ2n) is 5.30. The predicted molar refractivity (Wildman–Crippen MR) is 88.3 cm³/mol. The van der Waals surface area contributed by atoms with Crippen LogP contribution in [0.5, 0.6) is 0 Å². The van der Waals surface area contributed by atoms with E-state index in [1.54, 1.807) is 16.9 Å². The maximum atomic E-state index is 13.0. The van der Waals surface area contributed by atoms with E-state index in [0.29, 0.717) is 13.1 Å². The Morgan fingerprint density at radius 3 is 2.43 bits per heavy atom. The Balaban J connectivity index is 1.89. The molecule has 0 saturated heterocycles. The lowest BCUT2D eigenvalue weighted by Gasteiger charge is -2.00. The van der Waals surface area contributed by atoms with Crippen molar-refractivity contribution < 1.29 is 4.39 Å². The van der Waals surface area contributed by atoms with Gasteiger partial charge in [-0.3, -0.25) is 0 Å². The summed E-state index contributed by atoms with van der Waals surface area (Å²) in [6, 6.07) is 16.4. The molecule has 0 atom stereocenters. The van der Waals surface area contributed by atoms with E-state index in [0.717, 1.165) is 29.1 Å². The lowest BCUT2D eigenvalue weighted by atomic mass is 10.1. The molecular weight excluding hydrogens is 291 g/mol. The van der Waals surface area contributed by atoms with Crippen molar-refractivity contribution in [2.45, 2.75) is 20.0 Å². The summed E-state index contributed by atoms with van der Waals surface area (Å²) in [4.78, 5) is 1.67. The highest BCUT2D eigenvalue weighted by atomic mass is 19.1. The second kappa shape index (κ2) is 7.15. The summed E-state index contributed by atoms with van der Waals surface area (Å²) in [7, 11) is 0. The van der Waals surface area contributed by atoms with E-state index in [1.807, 2.05) is 30.3 Å². The fourth-order valence-corrected chi connectivity index (χ4v) is 2.39. The zero-order valence-electron chi connectivity index (χ0n) is 13.0. The minimum absolute atomic E-state index is 0.236. The van der Waals surface area contributed by atoms with Crippen LogP contribution < -0.4 is 5.32 Å². The van der Waals surface area contributed by atoms with Crippen LogP contribution in [-0.4, -0.2) is 21.5 Å². The molecule has 0 saturated carbocycles. The number of nitrogens with one attached hydrogen (secondary N) is 1. The largest absolute Gasteiger partial charge is 0.311 e. The molecule has 0 fully saturated rings. The van der Waals surface area contributed by atoms with Crippen LogP contribution in [0.3, 0.4) is 0 Å².